The van der Waals surface area contributed by atoms with Crippen molar-refractivity contribution in [2.24, 2.45) is 5.73 Å². The number of rotatable bonds is 6. The van der Waals surface area contributed by atoms with Gasteiger partial charge in [-0.15, -0.1) is 24.2 Å². The van der Waals surface area contributed by atoms with Gasteiger partial charge in [-0.3, -0.25) is 14.4 Å². The molecule has 2 unspecified atom stereocenters. The first kappa shape index (κ1) is 20.4. The molecule has 1 fully saturated rings. The summed E-state index contributed by atoms with van der Waals surface area (Å²) < 4.78 is 17.7. The van der Waals surface area contributed by atoms with Gasteiger partial charge >= 0.3 is 5.97 Å². The second kappa shape index (κ2) is 9.00. The van der Waals surface area contributed by atoms with Crippen LogP contribution >= 0.6 is 24.2 Å². The Labute approximate surface area is 149 Å². The van der Waals surface area contributed by atoms with Crippen molar-refractivity contribution in [3.05, 3.63) is 30.1 Å². The predicted molar refractivity (Wildman–Crippen MR) is 91.6 cm³/mol. The van der Waals surface area contributed by atoms with E-state index in [0.717, 1.165) is 16.7 Å². The average molecular weight is 377 g/mol. The second-order valence-corrected chi connectivity index (χ2v) is 6.16. The van der Waals surface area contributed by atoms with E-state index in [1.165, 1.54) is 24.3 Å². The number of carbonyl (C=O) groups excluding carboxylic acids is 3. The standard InChI is InChI=1S/C15H17FN2O4S.ClH/c1-2-22-15(21)11(17)8-23-12-7-13(19)18(14(12)20)10-5-3-9(16)4-6-10;/h3-6,11-12H,2,7-8,17H2,1H3;1H. The Kier molecular flexibility index (Phi) is 7.65. The van der Waals surface area contributed by atoms with Crippen molar-refractivity contribution in [2.75, 3.05) is 17.3 Å². The van der Waals surface area contributed by atoms with E-state index in [2.05, 4.69) is 0 Å². The van der Waals surface area contributed by atoms with Gasteiger partial charge in [0.15, 0.2) is 0 Å². The van der Waals surface area contributed by atoms with Gasteiger partial charge in [0.1, 0.15) is 11.9 Å². The van der Waals surface area contributed by atoms with Crippen LogP contribution in [-0.2, 0) is 19.1 Å². The predicted octanol–water partition coefficient (Wildman–Crippen LogP) is 1.50. The van der Waals surface area contributed by atoms with Gasteiger partial charge in [-0.2, -0.15) is 0 Å². The summed E-state index contributed by atoms with van der Waals surface area (Å²) in [5.41, 5.74) is 6.01. The number of hydrogen-bond donors (Lipinski definition) is 1. The van der Waals surface area contributed by atoms with Crippen molar-refractivity contribution in [3.8, 4) is 0 Å². The minimum atomic E-state index is -0.845. The van der Waals surface area contributed by atoms with Crippen LogP contribution in [0.4, 0.5) is 10.1 Å². The Morgan fingerprint density at radius 3 is 2.62 bits per heavy atom. The maximum atomic E-state index is 12.9. The molecule has 0 bridgehead atoms. The van der Waals surface area contributed by atoms with Crippen LogP contribution in [-0.4, -0.2) is 41.4 Å². The number of anilines is 1. The summed E-state index contributed by atoms with van der Waals surface area (Å²) in [6.45, 7) is 1.91. The molecule has 0 aliphatic carbocycles. The van der Waals surface area contributed by atoms with E-state index in [-0.39, 0.29) is 43.0 Å². The van der Waals surface area contributed by atoms with Crippen LogP contribution in [0, 0.1) is 5.82 Å². The Bertz CT molecular complexity index is 614. The van der Waals surface area contributed by atoms with Crippen LogP contribution in [0.2, 0.25) is 0 Å². The topological polar surface area (TPSA) is 89.7 Å². The first-order chi connectivity index (χ1) is 10.9. The molecule has 0 saturated carbocycles. The molecular formula is C15H18ClFN2O4S. The van der Waals surface area contributed by atoms with Crippen LogP contribution in [0.5, 0.6) is 0 Å². The molecule has 0 spiro atoms. The maximum Gasteiger partial charge on any atom is 0.323 e. The molecule has 2 amide bonds. The summed E-state index contributed by atoms with van der Waals surface area (Å²) in [6.07, 6.45) is 0.0242. The molecule has 132 valence electrons. The number of nitrogens with two attached hydrogens (primary N) is 1. The molecule has 1 aromatic rings. The molecular weight excluding hydrogens is 359 g/mol. The number of carbonyl (C=O) groups is 3. The number of nitrogens with zero attached hydrogens (tertiary/aromatic N) is 1. The van der Waals surface area contributed by atoms with E-state index >= 15 is 0 Å². The summed E-state index contributed by atoms with van der Waals surface area (Å²) >= 11 is 1.15. The van der Waals surface area contributed by atoms with Crippen molar-refractivity contribution in [1.29, 1.82) is 0 Å². The monoisotopic (exact) mass is 376 g/mol. The van der Waals surface area contributed by atoms with Crippen molar-refractivity contribution in [3.63, 3.8) is 0 Å². The number of thioether (sulfide) groups is 1. The van der Waals surface area contributed by atoms with E-state index in [1.54, 1.807) is 6.92 Å². The van der Waals surface area contributed by atoms with Gasteiger partial charge < -0.3 is 10.5 Å². The summed E-state index contributed by atoms with van der Waals surface area (Å²) in [7, 11) is 0. The summed E-state index contributed by atoms with van der Waals surface area (Å²) in [4.78, 5) is 36.9. The normalized spacial score (nSPS) is 18.3. The quantitative estimate of drug-likeness (QED) is 0.597. The number of hydrogen-bond acceptors (Lipinski definition) is 6. The third-order valence-corrected chi connectivity index (χ3v) is 4.58. The fourth-order valence-corrected chi connectivity index (χ4v) is 3.22. The zero-order valence-corrected chi connectivity index (χ0v) is 14.6. The first-order valence-corrected chi connectivity index (χ1v) is 8.15. The fraction of sp³-hybridized carbons (Fsp3) is 0.400. The highest BCUT2D eigenvalue weighted by molar-refractivity contribution is 8.00. The largest absolute Gasteiger partial charge is 0.465 e. The molecule has 1 saturated heterocycles. The Morgan fingerprint density at radius 1 is 1.42 bits per heavy atom. The van der Waals surface area contributed by atoms with E-state index in [0.29, 0.717) is 5.69 Å². The molecule has 0 aromatic heterocycles. The smallest absolute Gasteiger partial charge is 0.323 e. The minimum absolute atomic E-state index is 0. The third-order valence-electron chi connectivity index (χ3n) is 3.26. The lowest BCUT2D eigenvalue weighted by atomic mass is 10.3. The Hall–Kier alpha value is -1.64. The average Bonchev–Trinajstić information content (AvgIpc) is 2.80. The van der Waals surface area contributed by atoms with Crippen LogP contribution in [0.3, 0.4) is 0 Å². The zero-order valence-electron chi connectivity index (χ0n) is 12.9. The number of amides is 2. The summed E-state index contributed by atoms with van der Waals surface area (Å²) in [5, 5.41) is -0.604. The number of imide groups is 1. The number of ether oxygens (including phenoxy) is 1. The fourth-order valence-electron chi connectivity index (χ4n) is 2.13. The highest BCUT2D eigenvalue weighted by Crippen LogP contribution is 2.30. The molecule has 6 nitrogen and oxygen atoms in total. The molecule has 2 atom stereocenters. The third kappa shape index (κ3) is 4.68. The second-order valence-electron chi connectivity index (χ2n) is 4.93. The number of benzene rings is 1. The number of esters is 1. The van der Waals surface area contributed by atoms with Gasteiger partial charge in [-0.25, -0.2) is 9.29 Å². The van der Waals surface area contributed by atoms with Gasteiger partial charge in [0.2, 0.25) is 11.8 Å². The molecule has 1 aromatic carbocycles. The highest BCUT2D eigenvalue weighted by atomic mass is 35.5. The van der Waals surface area contributed by atoms with Gasteiger partial charge in [-0.05, 0) is 31.2 Å². The SMILES string of the molecule is CCOC(=O)C(N)CSC1CC(=O)N(c2ccc(F)cc2)C1=O.Cl. The van der Waals surface area contributed by atoms with Crippen molar-refractivity contribution < 1.29 is 23.5 Å². The van der Waals surface area contributed by atoms with Crippen LogP contribution in [0.15, 0.2) is 24.3 Å². The lowest BCUT2D eigenvalue weighted by Crippen LogP contribution is -2.36. The Balaban J connectivity index is 0.00000288. The van der Waals surface area contributed by atoms with Crippen LogP contribution < -0.4 is 10.6 Å². The molecule has 24 heavy (non-hydrogen) atoms. The zero-order chi connectivity index (χ0) is 17.0. The van der Waals surface area contributed by atoms with E-state index in [4.69, 9.17) is 10.5 Å². The van der Waals surface area contributed by atoms with E-state index in [1.807, 2.05) is 0 Å². The molecule has 0 radical (unpaired) electrons. The molecule has 1 aliphatic rings. The van der Waals surface area contributed by atoms with Gasteiger partial charge in [-0.1, -0.05) is 0 Å². The highest BCUT2D eigenvalue weighted by Gasteiger charge is 2.40. The summed E-state index contributed by atoms with van der Waals surface area (Å²) in [5.74, 6) is -1.54. The van der Waals surface area contributed by atoms with Crippen molar-refractivity contribution in [2.45, 2.75) is 24.6 Å². The van der Waals surface area contributed by atoms with E-state index < -0.39 is 23.1 Å². The number of halogens is 2. The van der Waals surface area contributed by atoms with Gasteiger partial charge in [0.25, 0.3) is 0 Å². The van der Waals surface area contributed by atoms with E-state index in [9.17, 15) is 18.8 Å². The first-order valence-electron chi connectivity index (χ1n) is 7.10. The van der Waals surface area contributed by atoms with Gasteiger partial charge in [0, 0.05) is 12.2 Å². The van der Waals surface area contributed by atoms with Crippen molar-refractivity contribution >= 4 is 47.6 Å². The lowest BCUT2D eigenvalue weighted by Gasteiger charge is -2.15. The molecule has 1 heterocycles. The van der Waals surface area contributed by atoms with Crippen LogP contribution in [0.1, 0.15) is 13.3 Å². The molecule has 2 N–H and O–H groups in total. The molecule has 9 heteroatoms. The van der Waals surface area contributed by atoms with Gasteiger partial charge in [0.05, 0.1) is 17.5 Å². The summed E-state index contributed by atoms with van der Waals surface area (Å²) in [6, 6.07) is 4.29. The van der Waals surface area contributed by atoms with Crippen LogP contribution in [0.25, 0.3) is 0 Å². The lowest BCUT2D eigenvalue weighted by molar-refractivity contribution is -0.144. The molecule has 1 aliphatic heterocycles. The van der Waals surface area contributed by atoms with Crippen molar-refractivity contribution in [1.82, 2.24) is 0 Å². The minimum Gasteiger partial charge on any atom is -0.465 e. The molecule has 2 rings (SSSR count). The maximum absolute atomic E-state index is 12.9. The Morgan fingerprint density at radius 2 is 2.04 bits per heavy atom.